The molecule has 6 heteroatoms. The summed E-state index contributed by atoms with van der Waals surface area (Å²) in [6.45, 7) is 3.96. The number of nitrogens with zero attached hydrogens (tertiary/aromatic N) is 2. The average Bonchev–Trinajstić information content (AvgIpc) is 2.52. The zero-order chi connectivity index (χ0) is 16.7. The van der Waals surface area contributed by atoms with Gasteiger partial charge in [0.15, 0.2) is 0 Å². The number of halogens is 2. The van der Waals surface area contributed by atoms with Gasteiger partial charge in [0, 0.05) is 10.9 Å². The number of aromatic hydroxyl groups is 1. The predicted molar refractivity (Wildman–Crippen MR) is 101 cm³/mol. The van der Waals surface area contributed by atoms with Gasteiger partial charge in [-0.05, 0) is 59.0 Å². The Kier molecular flexibility index (Phi) is 4.33. The molecule has 3 aromatic rings. The van der Waals surface area contributed by atoms with Crippen LogP contribution in [-0.4, -0.2) is 14.7 Å². The van der Waals surface area contributed by atoms with Crippen LogP contribution in [0.25, 0.3) is 16.6 Å². The van der Waals surface area contributed by atoms with E-state index in [1.54, 1.807) is 34.9 Å². The molecule has 118 valence electrons. The zero-order valence-electron chi connectivity index (χ0n) is 12.5. The van der Waals surface area contributed by atoms with Gasteiger partial charge in [0.25, 0.3) is 5.56 Å². The number of phenolic OH excluding ortho intramolecular Hbond substituents is 1. The van der Waals surface area contributed by atoms with Crippen LogP contribution in [0.2, 0.25) is 5.02 Å². The molecule has 23 heavy (non-hydrogen) atoms. The van der Waals surface area contributed by atoms with Gasteiger partial charge in [-0.15, -0.1) is 0 Å². The summed E-state index contributed by atoms with van der Waals surface area (Å²) in [4.78, 5) is 17.7. The standard InChI is InChI=1S/C17H14ClIN2O2/c1-9(2)16-20-15-12(7-8-13(22)14(15)19)17(23)21(16)11-5-3-10(18)4-6-11/h3-9,22H,1-2H3. The molecular weight excluding hydrogens is 427 g/mol. The highest BCUT2D eigenvalue weighted by Gasteiger charge is 2.17. The van der Waals surface area contributed by atoms with Crippen molar-refractivity contribution < 1.29 is 5.11 Å². The van der Waals surface area contributed by atoms with Gasteiger partial charge in [0.1, 0.15) is 11.6 Å². The molecule has 0 aliphatic rings. The van der Waals surface area contributed by atoms with E-state index in [0.717, 1.165) is 5.69 Å². The van der Waals surface area contributed by atoms with Crippen LogP contribution in [0.4, 0.5) is 0 Å². The lowest BCUT2D eigenvalue weighted by atomic mass is 10.1. The molecule has 0 aliphatic heterocycles. The summed E-state index contributed by atoms with van der Waals surface area (Å²) in [5.41, 5.74) is 1.10. The fourth-order valence-electron chi connectivity index (χ4n) is 2.45. The number of aromatic nitrogens is 2. The molecule has 0 saturated heterocycles. The van der Waals surface area contributed by atoms with Crippen LogP contribution >= 0.6 is 34.2 Å². The Morgan fingerprint density at radius 3 is 2.43 bits per heavy atom. The fraction of sp³-hybridized carbons (Fsp3) is 0.176. The maximum absolute atomic E-state index is 13.0. The van der Waals surface area contributed by atoms with E-state index in [2.05, 4.69) is 4.98 Å². The van der Waals surface area contributed by atoms with E-state index < -0.39 is 0 Å². The van der Waals surface area contributed by atoms with Crippen molar-refractivity contribution in [2.45, 2.75) is 19.8 Å². The van der Waals surface area contributed by atoms with Crippen LogP contribution in [0.3, 0.4) is 0 Å². The second-order valence-corrected chi connectivity index (χ2v) is 7.05. The highest BCUT2D eigenvalue weighted by Crippen LogP contribution is 2.28. The van der Waals surface area contributed by atoms with Gasteiger partial charge < -0.3 is 5.11 Å². The van der Waals surface area contributed by atoms with E-state index in [9.17, 15) is 9.90 Å². The molecule has 0 atom stereocenters. The zero-order valence-corrected chi connectivity index (χ0v) is 15.5. The largest absolute Gasteiger partial charge is 0.507 e. The number of hydrogen-bond donors (Lipinski definition) is 1. The van der Waals surface area contributed by atoms with Gasteiger partial charge in [-0.25, -0.2) is 4.98 Å². The average molecular weight is 441 g/mol. The lowest BCUT2D eigenvalue weighted by molar-refractivity contribution is 0.472. The quantitative estimate of drug-likeness (QED) is 0.598. The minimum absolute atomic E-state index is 0.0425. The van der Waals surface area contributed by atoms with Crippen molar-refractivity contribution >= 4 is 45.1 Å². The number of rotatable bonds is 2. The molecular formula is C17H14ClIN2O2. The van der Waals surface area contributed by atoms with E-state index in [-0.39, 0.29) is 17.2 Å². The normalized spacial score (nSPS) is 11.3. The van der Waals surface area contributed by atoms with Gasteiger partial charge in [0.05, 0.1) is 20.2 Å². The first-order valence-electron chi connectivity index (χ1n) is 7.10. The minimum atomic E-state index is -0.154. The number of phenols is 1. The van der Waals surface area contributed by atoms with Crippen molar-refractivity contribution in [3.8, 4) is 11.4 Å². The molecule has 3 rings (SSSR count). The van der Waals surface area contributed by atoms with Crippen molar-refractivity contribution in [1.29, 1.82) is 0 Å². The Morgan fingerprint density at radius 2 is 1.83 bits per heavy atom. The van der Waals surface area contributed by atoms with Crippen molar-refractivity contribution in [3.63, 3.8) is 0 Å². The third-order valence-corrected chi connectivity index (χ3v) is 4.90. The maximum atomic E-state index is 13.0. The van der Waals surface area contributed by atoms with Crippen molar-refractivity contribution in [3.05, 3.63) is 61.2 Å². The monoisotopic (exact) mass is 440 g/mol. The first kappa shape index (κ1) is 16.3. The summed E-state index contributed by atoms with van der Waals surface area (Å²) in [6.07, 6.45) is 0. The smallest absolute Gasteiger partial charge is 0.266 e. The Balaban J connectivity index is 2.43. The Hall–Kier alpha value is -1.60. The van der Waals surface area contributed by atoms with Crippen molar-refractivity contribution in [2.24, 2.45) is 0 Å². The minimum Gasteiger partial charge on any atom is -0.507 e. The predicted octanol–water partition coefficient (Wildman–Crippen LogP) is 4.47. The van der Waals surface area contributed by atoms with Gasteiger partial charge in [-0.1, -0.05) is 25.4 Å². The first-order valence-corrected chi connectivity index (χ1v) is 8.56. The first-order chi connectivity index (χ1) is 10.9. The molecule has 1 N–H and O–H groups in total. The van der Waals surface area contributed by atoms with Crippen LogP contribution < -0.4 is 5.56 Å². The molecule has 0 saturated carbocycles. The van der Waals surface area contributed by atoms with E-state index >= 15 is 0 Å². The van der Waals surface area contributed by atoms with Crippen LogP contribution in [0.5, 0.6) is 5.75 Å². The molecule has 1 heterocycles. The van der Waals surface area contributed by atoms with Crippen LogP contribution in [-0.2, 0) is 0 Å². The lowest BCUT2D eigenvalue weighted by Gasteiger charge is -2.16. The van der Waals surface area contributed by atoms with E-state index in [1.165, 1.54) is 6.07 Å². The van der Waals surface area contributed by atoms with Gasteiger partial charge in [-0.2, -0.15) is 0 Å². The highest BCUT2D eigenvalue weighted by molar-refractivity contribution is 14.1. The summed E-state index contributed by atoms with van der Waals surface area (Å²) in [5.74, 6) is 0.818. The fourth-order valence-corrected chi connectivity index (χ4v) is 3.17. The van der Waals surface area contributed by atoms with Crippen LogP contribution in [0.1, 0.15) is 25.6 Å². The van der Waals surface area contributed by atoms with Gasteiger partial charge in [-0.3, -0.25) is 9.36 Å². The van der Waals surface area contributed by atoms with Crippen LogP contribution in [0.15, 0.2) is 41.2 Å². The third kappa shape index (κ3) is 2.83. The molecule has 2 aromatic carbocycles. The van der Waals surface area contributed by atoms with E-state index in [1.807, 2.05) is 36.4 Å². The summed E-state index contributed by atoms with van der Waals surface area (Å²) >= 11 is 7.95. The topological polar surface area (TPSA) is 55.1 Å². The molecule has 0 bridgehead atoms. The van der Waals surface area contributed by atoms with Crippen molar-refractivity contribution in [1.82, 2.24) is 9.55 Å². The number of benzene rings is 2. The molecule has 0 unspecified atom stereocenters. The summed E-state index contributed by atoms with van der Waals surface area (Å²) in [7, 11) is 0. The summed E-state index contributed by atoms with van der Waals surface area (Å²) < 4.78 is 2.19. The second-order valence-electron chi connectivity index (χ2n) is 5.54. The summed E-state index contributed by atoms with van der Waals surface area (Å²) in [6, 6.07) is 10.2. The lowest BCUT2D eigenvalue weighted by Crippen LogP contribution is -2.25. The van der Waals surface area contributed by atoms with Gasteiger partial charge in [0.2, 0.25) is 0 Å². The Bertz CT molecular complexity index is 949. The van der Waals surface area contributed by atoms with E-state index in [0.29, 0.717) is 25.3 Å². The SMILES string of the molecule is CC(C)c1nc2c(I)c(O)ccc2c(=O)n1-c1ccc(Cl)cc1. The molecule has 4 nitrogen and oxygen atoms in total. The van der Waals surface area contributed by atoms with Crippen LogP contribution in [0, 0.1) is 3.57 Å². The molecule has 1 aromatic heterocycles. The Morgan fingerprint density at radius 1 is 1.17 bits per heavy atom. The number of fused-ring (bicyclic) bond motifs is 1. The molecule has 0 radical (unpaired) electrons. The second kappa shape index (κ2) is 6.13. The Labute approximate surface area is 151 Å². The third-order valence-electron chi connectivity index (χ3n) is 3.59. The molecule has 0 spiro atoms. The van der Waals surface area contributed by atoms with E-state index in [4.69, 9.17) is 11.6 Å². The molecule has 0 aliphatic carbocycles. The summed E-state index contributed by atoms with van der Waals surface area (Å²) in [5, 5.41) is 11.0. The number of hydrogen-bond acceptors (Lipinski definition) is 3. The van der Waals surface area contributed by atoms with Gasteiger partial charge >= 0.3 is 0 Å². The molecule has 0 fully saturated rings. The highest BCUT2D eigenvalue weighted by atomic mass is 127. The van der Waals surface area contributed by atoms with Crippen molar-refractivity contribution in [2.75, 3.05) is 0 Å². The maximum Gasteiger partial charge on any atom is 0.266 e. The molecule has 0 amide bonds.